The SMILES string of the molecule is Nc1ccc2nc(SCCO)[nH]c2c1. The number of fused-ring (bicyclic) bond motifs is 1. The minimum absolute atomic E-state index is 0.157. The van der Waals surface area contributed by atoms with Crippen LogP contribution in [0.3, 0.4) is 0 Å². The first-order chi connectivity index (χ1) is 6.79. The molecule has 0 amide bonds. The van der Waals surface area contributed by atoms with Gasteiger partial charge in [-0.3, -0.25) is 0 Å². The molecule has 1 heterocycles. The van der Waals surface area contributed by atoms with Crippen LogP contribution in [0.1, 0.15) is 0 Å². The highest BCUT2D eigenvalue weighted by Gasteiger charge is 2.02. The lowest BCUT2D eigenvalue weighted by Gasteiger charge is -1.90. The number of anilines is 1. The maximum atomic E-state index is 8.66. The van der Waals surface area contributed by atoms with E-state index in [1.807, 2.05) is 18.2 Å². The Morgan fingerprint density at radius 2 is 2.36 bits per heavy atom. The summed E-state index contributed by atoms with van der Waals surface area (Å²) in [6.45, 7) is 0.157. The van der Waals surface area contributed by atoms with Gasteiger partial charge in [0.2, 0.25) is 0 Å². The zero-order chi connectivity index (χ0) is 9.97. The molecule has 0 saturated heterocycles. The van der Waals surface area contributed by atoms with Gasteiger partial charge < -0.3 is 15.8 Å². The molecule has 0 bridgehead atoms. The fourth-order valence-electron chi connectivity index (χ4n) is 1.21. The minimum Gasteiger partial charge on any atom is -0.399 e. The van der Waals surface area contributed by atoms with Crippen LogP contribution in [0, 0.1) is 0 Å². The highest BCUT2D eigenvalue weighted by Crippen LogP contribution is 2.20. The van der Waals surface area contributed by atoms with Gasteiger partial charge in [0.1, 0.15) is 0 Å². The Balaban J connectivity index is 2.32. The van der Waals surface area contributed by atoms with E-state index < -0.39 is 0 Å². The summed E-state index contributed by atoms with van der Waals surface area (Å²) in [5.74, 6) is 0.648. The molecule has 5 heteroatoms. The molecule has 74 valence electrons. The summed E-state index contributed by atoms with van der Waals surface area (Å²) < 4.78 is 0. The summed E-state index contributed by atoms with van der Waals surface area (Å²) in [6.07, 6.45) is 0. The number of aromatic amines is 1. The maximum absolute atomic E-state index is 8.66. The van der Waals surface area contributed by atoms with Gasteiger partial charge in [0.25, 0.3) is 0 Å². The van der Waals surface area contributed by atoms with Crippen LogP contribution in [0.4, 0.5) is 5.69 Å². The number of nitrogens with one attached hydrogen (secondary N) is 1. The van der Waals surface area contributed by atoms with Gasteiger partial charge in [0.05, 0.1) is 17.6 Å². The molecule has 0 aliphatic carbocycles. The van der Waals surface area contributed by atoms with Crippen molar-refractivity contribution < 1.29 is 5.11 Å². The molecule has 0 unspecified atom stereocenters. The van der Waals surface area contributed by atoms with Crippen LogP contribution < -0.4 is 5.73 Å². The molecule has 2 rings (SSSR count). The second-order valence-corrected chi connectivity index (χ2v) is 3.97. The summed E-state index contributed by atoms with van der Waals surface area (Å²) >= 11 is 1.49. The Labute approximate surface area is 85.5 Å². The zero-order valence-corrected chi connectivity index (χ0v) is 8.34. The van der Waals surface area contributed by atoms with E-state index in [-0.39, 0.29) is 6.61 Å². The molecule has 0 aliphatic rings. The molecule has 0 radical (unpaired) electrons. The van der Waals surface area contributed by atoms with Gasteiger partial charge in [-0.2, -0.15) is 0 Å². The largest absolute Gasteiger partial charge is 0.399 e. The minimum atomic E-state index is 0.157. The van der Waals surface area contributed by atoms with E-state index in [0.717, 1.165) is 21.9 Å². The Morgan fingerprint density at radius 1 is 1.50 bits per heavy atom. The molecule has 0 fully saturated rings. The van der Waals surface area contributed by atoms with Crippen molar-refractivity contribution in [3.8, 4) is 0 Å². The number of benzene rings is 1. The average molecular weight is 209 g/mol. The highest BCUT2D eigenvalue weighted by molar-refractivity contribution is 7.99. The Kier molecular flexibility index (Phi) is 2.60. The lowest BCUT2D eigenvalue weighted by atomic mass is 10.3. The van der Waals surface area contributed by atoms with Crippen LogP contribution in [0.15, 0.2) is 23.4 Å². The van der Waals surface area contributed by atoms with Gasteiger partial charge in [-0.25, -0.2) is 4.98 Å². The van der Waals surface area contributed by atoms with Crippen LogP contribution in [0.25, 0.3) is 11.0 Å². The Hall–Kier alpha value is -1.20. The molecule has 0 aliphatic heterocycles. The predicted molar refractivity (Wildman–Crippen MR) is 58.3 cm³/mol. The fourth-order valence-corrected chi connectivity index (χ4v) is 1.84. The van der Waals surface area contributed by atoms with Crippen LogP contribution in [-0.2, 0) is 0 Å². The second-order valence-electron chi connectivity index (χ2n) is 2.89. The molecular formula is C9H11N3OS. The number of nitrogen functional groups attached to an aromatic ring is 1. The molecule has 14 heavy (non-hydrogen) atoms. The molecule has 1 aromatic carbocycles. The molecule has 0 saturated carbocycles. The fraction of sp³-hybridized carbons (Fsp3) is 0.222. The van der Waals surface area contributed by atoms with E-state index in [2.05, 4.69) is 9.97 Å². The number of aliphatic hydroxyl groups excluding tert-OH is 1. The number of nitrogens with zero attached hydrogens (tertiary/aromatic N) is 1. The third-order valence-electron chi connectivity index (χ3n) is 1.81. The lowest BCUT2D eigenvalue weighted by Crippen LogP contribution is -1.86. The standard InChI is InChI=1S/C9H11N3OS/c10-6-1-2-7-8(5-6)12-9(11-7)14-4-3-13/h1-2,5,13H,3-4,10H2,(H,11,12). The van der Waals surface area contributed by atoms with Gasteiger partial charge in [0, 0.05) is 11.4 Å². The number of imidazole rings is 1. The van der Waals surface area contributed by atoms with Crippen LogP contribution in [0.5, 0.6) is 0 Å². The summed E-state index contributed by atoms with van der Waals surface area (Å²) in [5, 5.41) is 9.48. The summed E-state index contributed by atoms with van der Waals surface area (Å²) in [7, 11) is 0. The van der Waals surface area contributed by atoms with E-state index in [1.165, 1.54) is 11.8 Å². The molecule has 4 nitrogen and oxygen atoms in total. The first-order valence-corrected chi connectivity index (χ1v) is 5.27. The Bertz CT molecular complexity index is 441. The molecule has 2 aromatic rings. The van der Waals surface area contributed by atoms with Gasteiger partial charge >= 0.3 is 0 Å². The van der Waals surface area contributed by atoms with Crippen molar-refractivity contribution in [3.63, 3.8) is 0 Å². The second kappa shape index (κ2) is 3.89. The highest BCUT2D eigenvalue weighted by atomic mass is 32.2. The topological polar surface area (TPSA) is 74.9 Å². The van der Waals surface area contributed by atoms with Gasteiger partial charge in [0.15, 0.2) is 5.16 Å². The number of thioether (sulfide) groups is 1. The number of H-pyrrole nitrogens is 1. The van der Waals surface area contributed by atoms with Crippen LogP contribution >= 0.6 is 11.8 Å². The number of rotatable bonds is 3. The van der Waals surface area contributed by atoms with Gasteiger partial charge in [-0.05, 0) is 18.2 Å². The molecule has 0 spiro atoms. The third kappa shape index (κ3) is 1.83. The lowest BCUT2D eigenvalue weighted by molar-refractivity contribution is 0.322. The normalized spacial score (nSPS) is 10.9. The third-order valence-corrected chi connectivity index (χ3v) is 2.67. The zero-order valence-electron chi connectivity index (χ0n) is 7.53. The number of nitrogens with two attached hydrogens (primary N) is 1. The van der Waals surface area contributed by atoms with Crippen molar-refractivity contribution >= 4 is 28.5 Å². The maximum Gasteiger partial charge on any atom is 0.166 e. The van der Waals surface area contributed by atoms with Crippen molar-refractivity contribution in [2.45, 2.75) is 5.16 Å². The summed E-state index contributed by atoms with van der Waals surface area (Å²) in [4.78, 5) is 7.46. The monoisotopic (exact) mass is 209 g/mol. The van der Waals surface area contributed by atoms with Crippen LogP contribution in [-0.4, -0.2) is 27.4 Å². The number of hydrogen-bond donors (Lipinski definition) is 3. The van der Waals surface area contributed by atoms with Gasteiger partial charge in [-0.15, -0.1) is 0 Å². The number of aliphatic hydroxyl groups is 1. The predicted octanol–water partition coefficient (Wildman–Crippen LogP) is 1.23. The first kappa shape index (κ1) is 9.36. The quantitative estimate of drug-likeness (QED) is 0.525. The van der Waals surface area contributed by atoms with E-state index in [0.29, 0.717) is 5.75 Å². The molecule has 1 aromatic heterocycles. The first-order valence-electron chi connectivity index (χ1n) is 4.28. The van der Waals surface area contributed by atoms with E-state index in [9.17, 15) is 0 Å². The van der Waals surface area contributed by atoms with Crippen molar-refractivity contribution in [3.05, 3.63) is 18.2 Å². The number of hydrogen-bond acceptors (Lipinski definition) is 4. The van der Waals surface area contributed by atoms with Crippen molar-refractivity contribution in [2.75, 3.05) is 18.1 Å². The van der Waals surface area contributed by atoms with E-state index >= 15 is 0 Å². The smallest absolute Gasteiger partial charge is 0.166 e. The molecule has 4 N–H and O–H groups in total. The van der Waals surface area contributed by atoms with E-state index in [4.69, 9.17) is 10.8 Å². The molecule has 0 atom stereocenters. The number of aromatic nitrogens is 2. The van der Waals surface area contributed by atoms with Crippen molar-refractivity contribution in [2.24, 2.45) is 0 Å². The van der Waals surface area contributed by atoms with Crippen LogP contribution in [0.2, 0.25) is 0 Å². The molecular weight excluding hydrogens is 198 g/mol. The average Bonchev–Trinajstić information content (AvgIpc) is 2.56. The Morgan fingerprint density at radius 3 is 3.14 bits per heavy atom. The summed E-state index contributed by atoms with van der Waals surface area (Å²) in [6, 6.07) is 5.55. The van der Waals surface area contributed by atoms with Crippen molar-refractivity contribution in [1.82, 2.24) is 9.97 Å². The summed E-state index contributed by atoms with van der Waals surface area (Å²) in [5.41, 5.74) is 8.20. The van der Waals surface area contributed by atoms with Crippen molar-refractivity contribution in [1.29, 1.82) is 0 Å². The van der Waals surface area contributed by atoms with Gasteiger partial charge in [-0.1, -0.05) is 11.8 Å². The van der Waals surface area contributed by atoms with E-state index in [1.54, 1.807) is 0 Å².